The van der Waals surface area contributed by atoms with Gasteiger partial charge in [0.25, 0.3) is 0 Å². The van der Waals surface area contributed by atoms with Crippen molar-refractivity contribution < 1.29 is 9.53 Å². The minimum absolute atomic E-state index is 0.218. The van der Waals surface area contributed by atoms with Crippen LogP contribution in [-0.4, -0.2) is 5.97 Å². The van der Waals surface area contributed by atoms with Crippen LogP contribution in [0.25, 0.3) is 0 Å². The average Bonchev–Trinajstić information content (AvgIpc) is 3.01. The molecule has 25 heavy (non-hydrogen) atoms. The van der Waals surface area contributed by atoms with E-state index in [2.05, 4.69) is 13.0 Å². The van der Waals surface area contributed by atoms with Gasteiger partial charge in [-0.3, -0.25) is 4.79 Å². The number of aryl methyl sites for hydroxylation is 1. The maximum absolute atomic E-state index is 11.0. The molecule has 0 aliphatic rings. The zero-order chi connectivity index (χ0) is 18.2. The number of ether oxygens (including phenoxy) is 1. The number of hydrogen-bond donors (Lipinski definition) is 0. The highest BCUT2D eigenvalue weighted by Crippen LogP contribution is 2.28. The predicted octanol–water partition coefficient (Wildman–Crippen LogP) is 7.70. The molecular weight excluding hydrogens is 328 g/mol. The fourth-order valence-corrected chi connectivity index (χ4v) is 4.08. The summed E-state index contributed by atoms with van der Waals surface area (Å²) in [5.41, 5.74) is 1.19. The molecule has 0 bridgehead atoms. The molecule has 1 heterocycles. The summed E-state index contributed by atoms with van der Waals surface area (Å²) >= 11 is 1.52. The van der Waals surface area contributed by atoms with Crippen LogP contribution in [0.1, 0.15) is 109 Å². The summed E-state index contributed by atoms with van der Waals surface area (Å²) in [6, 6.07) is 2.09. The zero-order valence-corrected chi connectivity index (χ0v) is 17.3. The van der Waals surface area contributed by atoms with Gasteiger partial charge >= 0.3 is 5.97 Å². The Bertz CT molecular complexity index is 439. The third-order valence-electron chi connectivity index (χ3n) is 4.74. The summed E-state index contributed by atoms with van der Waals surface area (Å²) in [6.07, 6.45) is 20.4. The number of esters is 1. The summed E-state index contributed by atoms with van der Waals surface area (Å²) in [5, 5.41) is 2.81. The van der Waals surface area contributed by atoms with Gasteiger partial charge in [0.15, 0.2) is 5.06 Å². The predicted molar refractivity (Wildman–Crippen MR) is 110 cm³/mol. The van der Waals surface area contributed by atoms with Gasteiger partial charge in [-0.05, 0) is 24.3 Å². The molecule has 0 spiro atoms. The molecule has 1 rings (SSSR count). The van der Waals surface area contributed by atoms with Crippen molar-refractivity contribution >= 4 is 17.3 Å². The first-order valence-electron chi connectivity index (χ1n) is 10.5. The number of carbonyl (C=O) groups is 1. The van der Waals surface area contributed by atoms with E-state index in [1.165, 1.54) is 114 Å². The number of carbonyl (C=O) groups excluding carboxylic acids is 1. The number of rotatable bonds is 16. The second-order valence-electron chi connectivity index (χ2n) is 7.17. The Morgan fingerprint density at radius 2 is 1.32 bits per heavy atom. The molecule has 1 aromatic rings. The van der Waals surface area contributed by atoms with E-state index in [4.69, 9.17) is 4.74 Å². The van der Waals surface area contributed by atoms with Gasteiger partial charge < -0.3 is 4.74 Å². The first-order chi connectivity index (χ1) is 12.2. The molecule has 0 saturated heterocycles. The standard InChI is InChI=1S/C22H38O2S/c1-3-4-5-6-7-8-9-10-11-12-13-14-15-16-17-21-18-19-25-22(21)24-20(2)23/h18-19H,3-17H2,1-2H3. The van der Waals surface area contributed by atoms with Gasteiger partial charge in [0.1, 0.15) is 0 Å². The van der Waals surface area contributed by atoms with E-state index in [0.29, 0.717) is 0 Å². The Labute approximate surface area is 159 Å². The molecule has 3 heteroatoms. The Kier molecular flexibility index (Phi) is 13.7. The molecule has 0 aromatic carbocycles. The lowest BCUT2D eigenvalue weighted by Gasteiger charge is -2.04. The van der Waals surface area contributed by atoms with Gasteiger partial charge in [0.05, 0.1) is 0 Å². The minimum Gasteiger partial charge on any atom is -0.415 e. The lowest BCUT2D eigenvalue weighted by atomic mass is 10.0. The van der Waals surface area contributed by atoms with Crippen LogP contribution >= 0.6 is 11.3 Å². The molecule has 0 unspecified atom stereocenters. The SMILES string of the molecule is CCCCCCCCCCCCCCCCc1ccsc1OC(C)=O. The van der Waals surface area contributed by atoms with Crippen molar-refractivity contribution in [3.63, 3.8) is 0 Å². The second-order valence-corrected chi connectivity index (χ2v) is 8.05. The summed E-state index contributed by atoms with van der Waals surface area (Å²) < 4.78 is 5.23. The van der Waals surface area contributed by atoms with Crippen molar-refractivity contribution in [3.8, 4) is 5.06 Å². The van der Waals surface area contributed by atoms with E-state index in [0.717, 1.165) is 11.5 Å². The van der Waals surface area contributed by atoms with Crippen molar-refractivity contribution in [2.24, 2.45) is 0 Å². The maximum atomic E-state index is 11.0. The number of thiophene rings is 1. The van der Waals surface area contributed by atoms with E-state index in [1.54, 1.807) is 0 Å². The molecular formula is C22H38O2S. The monoisotopic (exact) mass is 366 g/mol. The molecule has 0 N–H and O–H groups in total. The van der Waals surface area contributed by atoms with Gasteiger partial charge in [-0.25, -0.2) is 0 Å². The summed E-state index contributed by atoms with van der Waals surface area (Å²) in [4.78, 5) is 11.0. The quantitative estimate of drug-likeness (QED) is 0.221. The van der Waals surface area contributed by atoms with Gasteiger partial charge in [-0.15, -0.1) is 11.3 Å². The fourth-order valence-electron chi connectivity index (χ4n) is 3.24. The molecule has 0 saturated carbocycles. The summed E-state index contributed by atoms with van der Waals surface area (Å²) in [7, 11) is 0. The smallest absolute Gasteiger partial charge is 0.308 e. The van der Waals surface area contributed by atoms with E-state index < -0.39 is 0 Å². The van der Waals surface area contributed by atoms with Crippen LogP contribution in [0.4, 0.5) is 0 Å². The van der Waals surface area contributed by atoms with Crippen LogP contribution in [0, 0.1) is 0 Å². The van der Waals surface area contributed by atoms with E-state index in [-0.39, 0.29) is 5.97 Å². The van der Waals surface area contributed by atoms with Crippen molar-refractivity contribution in [1.29, 1.82) is 0 Å². The van der Waals surface area contributed by atoms with Crippen LogP contribution < -0.4 is 4.74 Å². The highest BCUT2D eigenvalue weighted by molar-refractivity contribution is 7.12. The Hall–Kier alpha value is -0.830. The van der Waals surface area contributed by atoms with Crippen LogP contribution in [0.2, 0.25) is 0 Å². The molecule has 0 atom stereocenters. The van der Waals surface area contributed by atoms with Gasteiger partial charge in [-0.1, -0.05) is 90.4 Å². The number of hydrogen-bond acceptors (Lipinski definition) is 3. The maximum Gasteiger partial charge on any atom is 0.308 e. The molecule has 1 aromatic heterocycles. The minimum atomic E-state index is -0.218. The van der Waals surface area contributed by atoms with Crippen molar-refractivity contribution in [2.45, 2.75) is 110 Å². The third-order valence-corrected chi connectivity index (χ3v) is 5.57. The van der Waals surface area contributed by atoms with Gasteiger partial charge in [0.2, 0.25) is 0 Å². The van der Waals surface area contributed by atoms with Crippen LogP contribution in [0.3, 0.4) is 0 Å². The molecule has 0 radical (unpaired) electrons. The Morgan fingerprint density at radius 1 is 0.840 bits per heavy atom. The van der Waals surface area contributed by atoms with E-state index >= 15 is 0 Å². The topological polar surface area (TPSA) is 26.3 Å². The molecule has 2 nitrogen and oxygen atoms in total. The number of unbranched alkanes of at least 4 members (excludes halogenated alkanes) is 13. The molecule has 0 aliphatic carbocycles. The van der Waals surface area contributed by atoms with Gasteiger partial charge in [0, 0.05) is 12.5 Å². The van der Waals surface area contributed by atoms with Crippen LogP contribution in [0.15, 0.2) is 11.4 Å². The Morgan fingerprint density at radius 3 is 1.80 bits per heavy atom. The summed E-state index contributed by atoms with van der Waals surface area (Å²) in [5.74, 6) is -0.218. The van der Waals surface area contributed by atoms with E-state index in [1.807, 2.05) is 5.38 Å². The lowest BCUT2D eigenvalue weighted by molar-refractivity contribution is -0.131. The second kappa shape index (κ2) is 15.4. The normalized spacial score (nSPS) is 11.0. The zero-order valence-electron chi connectivity index (χ0n) is 16.5. The van der Waals surface area contributed by atoms with Gasteiger partial charge in [-0.2, -0.15) is 0 Å². The fraction of sp³-hybridized carbons (Fsp3) is 0.773. The highest BCUT2D eigenvalue weighted by Gasteiger charge is 2.07. The molecule has 0 aliphatic heterocycles. The Balaban J connectivity index is 1.86. The largest absolute Gasteiger partial charge is 0.415 e. The van der Waals surface area contributed by atoms with Crippen molar-refractivity contribution in [1.82, 2.24) is 0 Å². The lowest BCUT2D eigenvalue weighted by Crippen LogP contribution is -2.01. The molecule has 0 fully saturated rings. The molecule has 0 amide bonds. The average molecular weight is 367 g/mol. The van der Waals surface area contributed by atoms with E-state index in [9.17, 15) is 4.79 Å². The van der Waals surface area contributed by atoms with Crippen molar-refractivity contribution in [3.05, 3.63) is 17.0 Å². The third kappa shape index (κ3) is 12.2. The molecule has 144 valence electrons. The summed E-state index contributed by atoms with van der Waals surface area (Å²) in [6.45, 7) is 3.75. The highest BCUT2D eigenvalue weighted by atomic mass is 32.1. The van der Waals surface area contributed by atoms with Crippen LogP contribution in [-0.2, 0) is 11.2 Å². The van der Waals surface area contributed by atoms with Crippen molar-refractivity contribution in [2.75, 3.05) is 0 Å². The first kappa shape index (κ1) is 22.2. The first-order valence-corrected chi connectivity index (χ1v) is 11.4. The van der Waals surface area contributed by atoms with Crippen LogP contribution in [0.5, 0.6) is 5.06 Å².